The van der Waals surface area contributed by atoms with Gasteiger partial charge in [0.15, 0.2) is 0 Å². The van der Waals surface area contributed by atoms with Crippen LogP contribution in [0, 0.1) is 0 Å². The molecule has 0 aliphatic rings. The van der Waals surface area contributed by atoms with E-state index in [-0.39, 0.29) is 0 Å². The Kier molecular flexibility index (Phi) is 5.57. The van der Waals surface area contributed by atoms with Crippen molar-refractivity contribution in [3.05, 3.63) is 0 Å². The lowest BCUT2D eigenvalue weighted by Crippen LogP contribution is -2.23. The van der Waals surface area contributed by atoms with Gasteiger partial charge in [0.1, 0.15) is 0 Å². The zero-order chi connectivity index (χ0) is 8.74. The summed E-state index contributed by atoms with van der Waals surface area (Å²) in [4.78, 5) is 0. The molecule has 0 bridgehead atoms. The quantitative estimate of drug-likeness (QED) is 0.589. The Hall–Kier alpha value is -0.0400. The summed E-state index contributed by atoms with van der Waals surface area (Å²) in [5, 5.41) is 9.74. The number of unbranched alkanes of at least 4 members (excludes halogenated alkanes) is 2. The fourth-order valence-electron chi connectivity index (χ4n) is 1.42. The highest BCUT2D eigenvalue weighted by Crippen LogP contribution is 2.19. The van der Waals surface area contributed by atoms with Crippen LogP contribution in [0.5, 0.6) is 0 Å². The molecule has 1 nitrogen and oxygen atoms in total. The predicted molar refractivity (Wildman–Crippen MR) is 49.7 cm³/mol. The Bertz CT molecular complexity index is 86.9. The molecule has 0 fully saturated rings. The number of hydrogen-bond acceptors (Lipinski definition) is 1. The first kappa shape index (κ1) is 11.0. The maximum Gasteiger partial charge on any atom is 0.0619 e. The van der Waals surface area contributed by atoms with Crippen LogP contribution in [0.3, 0.4) is 0 Å². The third kappa shape index (κ3) is 6.36. The van der Waals surface area contributed by atoms with Crippen molar-refractivity contribution < 1.29 is 5.11 Å². The zero-order valence-corrected chi connectivity index (χ0v) is 8.19. The second-order valence-corrected chi connectivity index (χ2v) is 3.70. The first-order valence-electron chi connectivity index (χ1n) is 4.84. The second-order valence-electron chi connectivity index (χ2n) is 3.70. The summed E-state index contributed by atoms with van der Waals surface area (Å²) in [5.41, 5.74) is -0.399. The normalized spacial score (nSPS) is 16.4. The first-order valence-corrected chi connectivity index (χ1v) is 4.84. The third-order valence-corrected chi connectivity index (χ3v) is 2.11. The highest BCUT2D eigenvalue weighted by Gasteiger charge is 2.17. The van der Waals surface area contributed by atoms with Gasteiger partial charge >= 0.3 is 0 Å². The average molecular weight is 158 g/mol. The molecule has 0 radical (unpaired) electrons. The molecule has 0 aromatic carbocycles. The summed E-state index contributed by atoms with van der Waals surface area (Å²) in [6.45, 7) is 6.26. The van der Waals surface area contributed by atoms with Gasteiger partial charge in [-0.2, -0.15) is 0 Å². The van der Waals surface area contributed by atoms with Crippen LogP contribution in [0.2, 0.25) is 0 Å². The van der Waals surface area contributed by atoms with Gasteiger partial charge in [-0.15, -0.1) is 0 Å². The van der Waals surface area contributed by atoms with E-state index in [0.717, 1.165) is 19.3 Å². The molecule has 0 aliphatic carbocycles. The van der Waals surface area contributed by atoms with Crippen LogP contribution >= 0.6 is 0 Å². The monoisotopic (exact) mass is 158 g/mol. The van der Waals surface area contributed by atoms with Gasteiger partial charge in [0.2, 0.25) is 0 Å². The lowest BCUT2D eigenvalue weighted by Gasteiger charge is -2.22. The van der Waals surface area contributed by atoms with Crippen molar-refractivity contribution in [2.24, 2.45) is 0 Å². The van der Waals surface area contributed by atoms with E-state index >= 15 is 0 Å². The molecule has 1 atom stereocenters. The van der Waals surface area contributed by atoms with E-state index in [9.17, 15) is 5.11 Å². The molecule has 0 aromatic rings. The van der Waals surface area contributed by atoms with Crippen LogP contribution in [0.1, 0.15) is 59.3 Å². The Balaban J connectivity index is 3.38. The maximum atomic E-state index is 9.74. The van der Waals surface area contributed by atoms with Crippen molar-refractivity contribution in [2.75, 3.05) is 0 Å². The lowest BCUT2D eigenvalue weighted by molar-refractivity contribution is 0.0387. The van der Waals surface area contributed by atoms with Crippen LogP contribution in [-0.2, 0) is 0 Å². The van der Waals surface area contributed by atoms with E-state index in [1.807, 2.05) is 6.92 Å². The molecule has 0 saturated carbocycles. The molecule has 0 aliphatic heterocycles. The highest BCUT2D eigenvalue weighted by molar-refractivity contribution is 4.70. The largest absolute Gasteiger partial charge is 0.390 e. The van der Waals surface area contributed by atoms with Gasteiger partial charge in [-0.25, -0.2) is 0 Å². The molecule has 0 heterocycles. The second kappa shape index (κ2) is 5.59. The fourth-order valence-corrected chi connectivity index (χ4v) is 1.42. The predicted octanol–water partition coefficient (Wildman–Crippen LogP) is 3.12. The van der Waals surface area contributed by atoms with Gasteiger partial charge < -0.3 is 5.11 Å². The van der Waals surface area contributed by atoms with Crippen molar-refractivity contribution >= 4 is 0 Å². The number of hydrogen-bond donors (Lipinski definition) is 1. The van der Waals surface area contributed by atoms with Crippen molar-refractivity contribution in [3.63, 3.8) is 0 Å². The van der Waals surface area contributed by atoms with Crippen molar-refractivity contribution in [1.29, 1.82) is 0 Å². The molecule has 0 spiro atoms. The van der Waals surface area contributed by atoms with Crippen LogP contribution in [0.25, 0.3) is 0 Å². The third-order valence-electron chi connectivity index (χ3n) is 2.11. The van der Waals surface area contributed by atoms with Gasteiger partial charge in [0, 0.05) is 0 Å². The molecule has 0 aromatic heterocycles. The average Bonchev–Trinajstić information content (AvgIpc) is 1.87. The van der Waals surface area contributed by atoms with Crippen LogP contribution in [0.15, 0.2) is 0 Å². The summed E-state index contributed by atoms with van der Waals surface area (Å²) < 4.78 is 0. The van der Waals surface area contributed by atoms with Crippen molar-refractivity contribution in [3.8, 4) is 0 Å². The van der Waals surface area contributed by atoms with E-state index in [1.54, 1.807) is 0 Å². The summed E-state index contributed by atoms with van der Waals surface area (Å²) in [6.07, 6.45) is 6.65. The number of aliphatic hydroxyl groups is 1. The SMILES string of the molecule is CCCCCC(C)(O)CCC. The van der Waals surface area contributed by atoms with Gasteiger partial charge in [0.05, 0.1) is 5.60 Å². The summed E-state index contributed by atoms with van der Waals surface area (Å²) in [6, 6.07) is 0. The molecule has 11 heavy (non-hydrogen) atoms. The minimum atomic E-state index is -0.399. The van der Waals surface area contributed by atoms with E-state index in [0.29, 0.717) is 0 Å². The van der Waals surface area contributed by atoms with Gasteiger partial charge in [-0.1, -0.05) is 39.5 Å². The van der Waals surface area contributed by atoms with Crippen LogP contribution in [-0.4, -0.2) is 10.7 Å². The summed E-state index contributed by atoms with van der Waals surface area (Å²) >= 11 is 0. The molecular formula is C10H22O. The topological polar surface area (TPSA) is 20.2 Å². The molecule has 68 valence electrons. The minimum Gasteiger partial charge on any atom is -0.390 e. The fraction of sp³-hybridized carbons (Fsp3) is 1.00. The van der Waals surface area contributed by atoms with Crippen molar-refractivity contribution in [2.45, 2.75) is 64.9 Å². The van der Waals surface area contributed by atoms with Crippen molar-refractivity contribution in [1.82, 2.24) is 0 Å². The van der Waals surface area contributed by atoms with Gasteiger partial charge in [-0.05, 0) is 19.8 Å². The van der Waals surface area contributed by atoms with E-state index in [1.165, 1.54) is 19.3 Å². The molecule has 1 unspecified atom stereocenters. The number of rotatable bonds is 6. The smallest absolute Gasteiger partial charge is 0.0619 e. The van der Waals surface area contributed by atoms with Crippen LogP contribution < -0.4 is 0 Å². The Morgan fingerprint density at radius 1 is 1.00 bits per heavy atom. The summed E-state index contributed by atoms with van der Waals surface area (Å²) in [5.74, 6) is 0. The first-order chi connectivity index (χ1) is 5.12. The van der Waals surface area contributed by atoms with Gasteiger partial charge in [0.25, 0.3) is 0 Å². The molecular weight excluding hydrogens is 136 g/mol. The Labute approximate surface area is 70.8 Å². The Morgan fingerprint density at radius 2 is 1.64 bits per heavy atom. The maximum absolute atomic E-state index is 9.74. The Morgan fingerprint density at radius 3 is 2.09 bits per heavy atom. The van der Waals surface area contributed by atoms with E-state index < -0.39 is 5.60 Å². The van der Waals surface area contributed by atoms with Gasteiger partial charge in [-0.3, -0.25) is 0 Å². The lowest BCUT2D eigenvalue weighted by atomic mass is 9.94. The van der Waals surface area contributed by atoms with E-state index in [2.05, 4.69) is 13.8 Å². The molecule has 0 rings (SSSR count). The molecule has 1 N–H and O–H groups in total. The van der Waals surface area contributed by atoms with Crippen LogP contribution in [0.4, 0.5) is 0 Å². The van der Waals surface area contributed by atoms with E-state index in [4.69, 9.17) is 0 Å². The molecule has 0 amide bonds. The minimum absolute atomic E-state index is 0.399. The summed E-state index contributed by atoms with van der Waals surface area (Å²) in [7, 11) is 0. The molecule has 0 saturated heterocycles. The zero-order valence-electron chi connectivity index (χ0n) is 8.19. The standard InChI is InChI=1S/C10H22O/c1-4-6-7-9-10(3,11)8-5-2/h11H,4-9H2,1-3H3. The highest BCUT2D eigenvalue weighted by atomic mass is 16.3. The molecule has 1 heteroatoms.